The predicted octanol–water partition coefficient (Wildman–Crippen LogP) is 2.49. The van der Waals surface area contributed by atoms with Crippen LogP contribution in [0.4, 0.5) is 15.8 Å². The standard InChI is InChI=1S/C19H21FN4O3/c20-16-3-5-17(6-4-16)21-19(25)14-23-11-9-22(10-12-23)13-15-1-7-18(8-2-15)24(26)27/h1-8H,9-14H2,(H,21,25). The van der Waals surface area contributed by atoms with Crippen LogP contribution in [0.25, 0.3) is 0 Å². The smallest absolute Gasteiger partial charge is 0.269 e. The fourth-order valence-corrected chi connectivity index (χ4v) is 3.02. The van der Waals surface area contributed by atoms with Gasteiger partial charge in [0.25, 0.3) is 5.69 Å². The lowest BCUT2D eigenvalue weighted by Crippen LogP contribution is -2.48. The van der Waals surface area contributed by atoms with Gasteiger partial charge in [-0.25, -0.2) is 4.39 Å². The number of benzene rings is 2. The van der Waals surface area contributed by atoms with Crippen LogP contribution in [0.15, 0.2) is 48.5 Å². The number of hydrogen-bond donors (Lipinski definition) is 1. The van der Waals surface area contributed by atoms with Crippen LogP contribution in [-0.2, 0) is 11.3 Å². The molecule has 2 aromatic carbocycles. The van der Waals surface area contributed by atoms with Crippen LogP contribution in [0.2, 0.25) is 0 Å². The minimum Gasteiger partial charge on any atom is -0.325 e. The summed E-state index contributed by atoms with van der Waals surface area (Å²) in [6, 6.07) is 12.3. The van der Waals surface area contributed by atoms with E-state index in [1.165, 1.54) is 36.4 Å². The van der Waals surface area contributed by atoms with Crippen molar-refractivity contribution >= 4 is 17.3 Å². The van der Waals surface area contributed by atoms with Crippen LogP contribution in [0, 0.1) is 15.9 Å². The van der Waals surface area contributed by atoms with E-state index in [0.29, 0.717) is 12.2 Å². The average Bonchev–Trinajstić information content (AvgIpc) is 2.66. The molecule has 0 unspecified atom stereocenters. The number of nitrogens with one attached hydrogen (secondary N) is 1. The summed E-state index contributed by atoms with van der Waals surface area (Å²) in [5, 5.41) is 13.5. The third kappa shape index (κ3) is 5.57. The second kappa shape index (κ2) is 8.70. The molecule has 0 aromatic heterocycles. The van der Waals surface area contributed by atoms with Gasteiger partial charge in [-0.15, -0.1) is 0 Å². The van der Waals surface area contributed by atoms with Gasteiger partial charge in [0, 0.05) is 50.5 Å². The number of anilines is 1. The summed E-state index contributed by atoms with van der Waals surface area (Å²) >= 11 is 0. The van der Waals surface area contributed by atoms with E-state index in [9.17, 15) is 19.3 Å². The lowest BCUT2D eigenvalue weighted by atomic mass is 10.2. The Labute approximate surface area is 156 Å². The van der Waals surface area contributed by atoms with E-state index < -0.39 is 4.92 Å². The molecule has 3 rings (SSSR count). The maximum atomic E-state index is 12.9. The van der Waals surface area contributed by atoms with E-state index in [0.717, 1.165) is 38.3 Å². The van der Waals surface area contributed by atoms with Gasteiger partial charge >= 0.3 is 0 Å². The third-order valence-electron chi connectivity index (χ3n) is 4.51. The third-order valence-corrected chi connectivity index (χ3v) is 4.51. The maximum absolute atomic E-state index is 12.9. The molecule has 8 heteroatoms. The molecule has 2 aromatic rings. The number of rotatable bonds is 6. The Morgan fingerprint density at radius 3 is 2.19 bits per heavy atom. The largest absolute Gasteiger partial charge is 0.325 e. The number of nitro groups is 1. The molecule has 1 fully saturated rings. The molecular formula is C19H21FN4O3. The first-order chi connectivity index (χ1) is 13.0. The molecule has 0 spiro atoms. The van der Waals surface area contributed by atoms with Gasteiger partial charge in [-0.05, 0) is 29.8 Å². The summed E-state index contributed by atoms with van der Waals surface area (Å²) in [6.45, 7) is 4.20. The molecule has 1 heterocycles. The molecule has 0 saturated carbocycles. The van der Waals surface area contributed by atoms with Gasteiger partial charge in [0.15, 0.2) is 0 Å². The van der Waals surface area contributed by atoms with E-state index in [-0.39, 0.29) is 17.4 Å². The van der Waals surface area contributed by atoms with Crippen molar-refractivity contribution in [3.05, 3.63) is 70.0 Å². The number of carbonyl (C=O) groups is 1. The van der Waals surface area contributed by atoms with Crippen LogP contribution in [0.1, 0.15) is 5.56 Å². The highest BCUT2D eigenvalue weighted by Crippen LogP contribution is 2.15. The fourth-order valence-electron chi connectivity index (χ4n) is 3.02. The SMILES string of the molecule is O=C(CN1CCN(Cc2ccc([N+](=O)[O-])cc2)CC1)Nc1ccc(F)cc1. The first-order valence-corrected chi connectivity index (χ1v) is 8.73. The van der Waals surface area contributed by atoms with Crippen molar-refractivity contribution in [3.63, 3.8) is 0 Å². The van der Waals surface area contributed by atoms with Crippen molar-refractivity contribution in [1.29, 1.82) is 0 Å². The lowest BCUT2D eigenvalue weighted by Gasteiger charge is -2.34. The average molecular weight is 372 g/mol. The van der Waals surface area contributed by atoms with E-state index >= 15 is 0 Å². The fraction of sp³-hybridized carbons (Fsp3) is 0.316. The van der Waals surface area contributed by atoms with E-state index in [1.54, 1.807) is 12.1 Å². The van der Waals surface area contributed by atoms with Crippen LogP contribution in [0.3, 0.4) is 0 Å². The van der Waals surface area contributed by atoms with Gasteiger partial charge in [0.05, 0.1) is 11.5 Å². The molecule has 1 saturated heterocycles. The Balaban J connectivity index is 1.42. The van der Waals surface area contributed by atoms with Gasteiger partial charge in [-0.3, -0.25) is 24.7 Å². The zero-order valence-corrected chi connectivity index (χ0v) is 14.8. The molecule has 27 heavy (non-hydrogen) atoms. The maximum Gasteiger partial charge on any atom is 0.269 e. The highest BCUT2D eigenvalue weighted by molar-refractivity contribution is 5.92. The van der Waals surface area contributed by atoms with E-state index in [4.69, 9.17) is 0 Å². The van der Waals surface area contributed by atoms with Crippen molar-refractivity contribution in [2.45, 2.75) is 6.54 Å². The highest BCUT2D eigenvalue weighted by Gasteiger charge is 2.19. The summed E-state index contributed by atoms with van der Waals surface area (Å²) in [4.78, 5) is 26.7. The monoisotopic (exact) mass is 372 g/mol. The quantitative estimate of drug-likeness (QED) is 0.623. The number of carbonyl (C=O) groups excluding carboxylic acids is 1. The minimum atomic E-state index is -0.403. The van der Waals surface area contributed by atoms with Crippen molar-refractivity contribution in [2.24, 2.45) is 0 Å². The molecule has 0 aliphatic carbocycles. The second-order valence-electron chi connectivity index (χ2n) is 6.53. The van der Waals surface area contributed by atoms with Crippen LogP contribution >= 0.6 is 0 Å². The molecule has 0 radical (unpaired) electrons. The molecule has 1 aliphatic rings. The summed E-state index contributed by atoms with van der Waals surface area (Å²) in [6.07, 6.45) is 0. The van der Waals surface area contributed by atoms with Gasteiger partial charge < -0.3 is 5.32 Å². The van der Waals surface area contributed by atoms with Crippen LogP contribution < -0.4 is 5.32 Å². The molecule has 7 nitrogen and oxygen atoms in total. The Bertz CT molecular complexity index is 788. The van der Waals surface area contributed by atoms with Gasteiger partial charge in [0.1, 0.15) is 5.82 Å². The Morgan fingerprint density at radius 2 is 1.59 bits per heavy atom. The molecule has 0 bridgehead atoms. The number of amides is 1. The van der Waals surface area contributed by atoms with Crippen molar-refractivity contribution < 1.29 is 14.1 Å². The Kier molecular flexibility index (Phi) is 6.10. The molecule has 1 N–H and O–H groups in total. The first kappa shape index (κ1) is 18.9. The zero-order valence-electron chi connectivity index (χ0n) is 14.8. The molecule has 0 atom stereocenters. The van der Waals surface area contributed by atoms with Gasteiger partial charge in [-0.2, -0.15) is 0 Å². The number of piperazine rings is 1. The summed E-state index contributed by atoms with van der Waals surface area (Å²) in [5.74, 6) is -0.456. The molecular weight excluding hydrogens is 351 g/mol. The van der Waals surface area contributed by atoms with Crippen LogP contribution in [0.5, 0.6) is 0 Å². The number of hydrogen-bond acceptors (Lipinski definition) is 5. The van der Waals surface area contributed by atoms with Crippen molar-refractivity contribution in [3.8, 4) is 0 Å². The van der Waals surface area contributed by atoms with Gasteiger partial charge in [-0.1, -0.05) is 12.1 Å². The number of nitrogens with zero attached hydrogens (tertiary/aromatic N) is 3. The number of non-ortho nitro benzene ring substituents is 1. The van der Waals surface area contributed by atoms with Crippen molar-refractivity contribution in [2.75, 3.05) is 38.0 Å². The number of nitro benzene ring substituents is 1. The molecule has 1 aliphatic heterocycles. The van der Waals surface area contributed by atoms with Crippen LogP contribution in [-0.4, -0.2) is 53.4 Å². The normalized spacial score (nSPS) is 15.4. The van der Waals surface area contributed by atoms with E-state index in [1.807, 2.05) is 0 Å². The highest BCUT2D eigenvalue weighted by atomic mass is 19.1. The Morgan fingerprint density at radius 1 is 1.00 bits per heavy atom. The van der Waals surface area contributed by atoms with E-state index in [2.05, 4.69) is 15.1 Å². The topological polar surface area (TPSA) is 78.7 Å². The summed E-state index contributed by atoms with van der Waals surface area (Å²) < 4.78 is 12.9. The minimum absolute atomic E-state index is 0.0933. The second-order valence-corrected chi connectivity index (χ2v) is 6.53. The first-order valence-electron chi connectivity index (χ1n) is 8.73. The van der Waals surface area contributed by atoms with Gasteiger partial charge in [0.2, 0.25) is 5.91 Å². The Hall–Kier alpha value is -2.84. The molecule has 1 amide bonds. The summed E-state index contributed by atoms with van der Waals surface area (Å²) in [5.41, 5.74) is 1.71. The zero-order chi connectivity index (χ0) is 19.2. The molecule has 142 valence electrons. The number of halogens is 1. The lowest BCUT2D eigenvalue weighted by molar-refractivity contribution is -0.384. The predicted molar refractivity (Wildman–Crippen MR) is 99.8 cm³/mol. The summed E-state index contributed by atoms with van der Waals surface area (Å²) in [7, 11) is 0. The van der Waals surface area contributed by atoms with Crippen molar-refractivity contribution in [1.82, 2.24) is 9.80 Å².